The molecule has 4 nitrogen and oxygen atoms in total. The van der Waals surface area contributed by atoms with E-state index in [1.807, 2.05) is 24.3 Å². The number of fused-ring (bicyclic) bond motifs is 1. The standard InChI is InChI=1S/C10H11N3O/c1-11-13-10(14)8-6-12-9-5-3-2-4-7(8)9/h2-6,11-12H,1H3,(H,13,14). The van der Waals surface area contributed by atoms with Crippen molar-refractivity contribution in [1.82, 2.24) is 15.8 Å². The summed E-state index contributed by atoms with van der Waals surface area (Å²) in [5, 5.41) is 0.931. The lowest BCUT2D eigenvalue weighted by molar-refractivity contribution is 0.0939. The molecule has 1 aromatic heterocycles. The molecule has 0 aliphatic carbocycles. The molecule has 0 atom stereocenters. The smallest absolute Gasteiger partial charge is 0.267 e. The van der Waals surface area contributed by atoms with Gasteiger partial charge in [-0.3, -0.25) is 10.2 Å². The number of benzene rings is 1. The zero-order chi connectivity index (χ0) is 9.97. The van der Waals surface area contributed by atoms with Crippen LogP contribution in [0.2, 0.25) is 0 Å². The number of hydrazine groups is 1. The third-order valence-corrected chi connectivity index (χ3v) is 2.07. The maximum Gasteiger partial charge on any atom is 0.267 e. The van der Waals surface area contributed by atoms with Crippen LogP contribution in [0.15, 0.2) is 30.5 Å². The number of hydrogen-bond donors (Lipinski definition) is 3. The lowest BCUT2D eigenvalue weighted by Gasteiger charge is -2.00. The number of rotatable bonds is 2. The van der Waals surface area contributed by atoms with E-state index in [9.17, 15) is 4.79 Å². The van der Waals surface area contributed by atoms with Crippen molar-refractivity contribution in [3.8, 4) is 0 Å². The van der Waals surface area contributed by atoms with Crippen molar-refractivity contribution in [2.24, 2.45) is 0 Å². The average Bonchev–Trinajstić information content (AvgIpc) is 2.61. The van der Waals surface area contributed by atoms with E-state index in [-0.39, 0.29) is 5.91 Å². The molecule has 72 valence electrons. The van der Waals surface area contributed by atoms with Gasteiger partial charge in [0.1, 0.15) is 0 Å². The van der Waals surface area contributed by atoms with Crippen molar-refractivity contribution < 1.29 is 4.79 Å². The van der Waals surface area contributed by atoms with Gasteiger partial charge < -0.3 is 4.98 Å². The SMILES string of the molecule is CNNC(=O)c1c[nH]c2ccccc12. The van der Waals surface area contributed by atoms with Gasteiger partial charge in [-0.2, -0.15) is 0 Å². The molecule has 4 heteroatoms. The minimum absolute atomic E-state index is 0.134. The lowest BCUT2D eigenvalue weighted by atomic mass is 10.2. The molecule has 14 heavy (non-hydrogen) atoms. The van der Waals surface area contributed by atoms with Gasteiger partial charge in [0, 0.05) is 24.1 Å². The molecule has 0 aliphatic heterocycles. The maximum absolute atomic E-state index is 11.5. The van der Waals surface area contributed by atoms with E-state index >= 15 is 0 Å². The Morgan fingerprint density at radius 2 is 2.14 bits per heavy atom. The molecule has 2 aromatic rings. The fraction of sp³-hybridized carbons (Fsp3) is 0.100. The predicted molar refractivity (Wildman–Crippen MR) is 54.8 cm³/mol. The van der Waals surface area contributed by atoms with E-state index in [4.69, 9.17) is 0 Å². The zero-order valence-corrected chi connectivity index (χ0v) is 7.79. The van der Waals surface area contributed by atoms with Crippen molar-refractivity contribution in [3.63, 3.8) is 0 Å². The van der Waals surface area contributed by atoms with Crippen LogP contribution in [0.4, 0.5) is 0 Å². The molecule has 2 rings (SSSR count). The molecule has 0 bridgehead atoms. The first-order valence-electron chi connectivity index (χ1n) is 4.36. The van der Waals surface area contributed by atoms with Crippen LogP contribution in [0.25, 0.3) is 10.9 Å². The van der Waals surface area contributed by atoms with Gasteiger partial charge >= 0.3 is 0 Å². The molecule has 0 radical (unpaired) electrons. The summed E-state index contributed by atoms with van der Waals surface area (Å²) in [6, 6.07) is 7.69. The normalized spacial score (nSPS) is 10.4. The van der Waals surface area contributed by atoms with Crippen LogP contribution in [0.5, 0.6) is 0 Å². The Morgan fingerprint density at radius 1 is 1.36 bits per heavy atom. The monoisotopic (exact) mass is 189 g/mol. The van der Waals surface area contributed by atoms with Gasteiger partial charge in [0.05, 0.1) is 5.56 Å². The fourth-order valence-corrected chi connectivity index (χ4v) is 1.44. The van der Waals surface area contributed by atoms with Crippen molar-refractivity contribution in [1.29, 1.82) is 0 Å². The topological polar surface area (TPSA) is 56.9 Å². The van der Waals surface area contributed by atoms with Gasteiger partial charge in [0.15, 0.2) is 0 Å². The van der Waals surface area contributed by atoms with Crippen LogP contribution < -0.4 is 10.9 Å². The van der Waals surface area contributed by atoms with Gasteiger partial charge in [-0.1, -0.05) is 18.2 Å². The molecule has 1 heterocycles. The minimum atomic E-state index is -0.134. The molecule has 1 aromatic carbocycles. The summed E-state index contributed by atoms with van der Waals surface area (Å²) < 4.78 is 0. The molecule has 3 N–H and O–H groups in total. The van der Waals surface area contributed by atoms with Crippen LogP contribution in [0.3, 0.4) is 0 Å². The van der Waals surface area contributed by atoms with Crippen LogP contribution in [-0.2, 0) is 0 Å². The van der Waals surface area contributed by atoms with Crippen LogP contribution in [-0.4, -0.2) is 17.9 Å². The Labute approximate surface area is 81.3 Å². The van der Waals surface area contributed by atoms with E-state index in [1.54, 1.807) is 13.2 Å². The molecule has 0 aliphatic rings. The highest BCUT2D eigenvalue weighted by molar-refractivity contribution is 6.06. The average molecular weight is 189 g/mol. The van der Waals surface area contributed by atoms with Crippen molar-refractivity contribution in [2.75, 3.05) is 7.05 Å². The zero-order valence-electron chi connectivity index (χ0n) is 7.79. The van der Waals surface area contributed by atoms with Gasteiger partial charge in [-0.25, -0.2) is 5.43 Å². The summed E-state index contributed by atoms with van der Waals surface area (Å²) in [4.78, 5) is 14.6. The van der Waals surface area contributed by atoms with Gasteiger partial charge in [0.2, 0.25) is 0 Å². The Hall–Kier alpha value is -1.81. The Bertz CT molecular complexity index is 461. The molecular weight excluding hydrogens is 178 g/mol. The molecular formula is C10H11N3O. The molecule has 0 unspecified atom stereocenters. The Kier molecular flexibility index (Phi) is 2.20. The Balaban J connectivity index is 2.47. The van der Waals surface area contributed by atoms with Crippen LogP contribution in [0.1, 0.15) is 10.4 Å². The van der Waals surface area contributed by atoms with E-state index in [1.165, 1.54) is 0 Å². The number of H-pyrrole nitrogens is 1. The summed E-state index contributed by atoms with van der Waals surface area (Å²) >= 11 is 0. The van der Waals surface area contributed by atoms with Gasteiger partial charge in [-0.15, -0.1) is 0 Å². The van der Waals surface area contributed by atoms with Crippen molar-refractivity contribution in [3.05, 3.63) is 36.0 Å². The quantitative estimate of drug-likeness (QED) is 0.618. The highest BCUT2D eigenvalue weighted by Gasteiger charge is 2.09. The molecule has 0 saturated heterocycles. The number of aromatic amines is 1. The van der Waals surface area contributed by atoms with Crippen molar-refractivity contribution >= 4 is 16.8 Å². The summed E-state index contributed by atoms with van der Waals surface area (Å²) in [7, 11) is 1.66. The highest BCUT2D eigenvalue weighted by atomic mass is 16.2. The number of para-hydroxylation sites is 1. The van der Waals surface area contributed by atoms with Crippen molar-refractivity contribution in [2.45, 2.75) is 0 Å². The molecule has 1 amide bonds. The minimum Gasteiger partial charge on any atom is -0.360 e. The van der Waals surface area contributed by atoms with Gasteiger partial charge in [-0.05, 0) is 6.07 Å². The summed E-state index contributed by atoms with van der Waals surface area (Å²) in [6.45, 7) is 0. The number of nitrogens with one attached hydrogen (secondary N) is 3. The number of carbonyl (C=O) groups excluding carboxylic acids is 1. The number of hydrogen-bond acceptors (Lipinski definition) is 2. The maximum atomic E-state index is 11.5. The lowest BCUT2D eigenvalue weighted by Crippen LogP contribution is -2.33. The number of aromatic nitrogens is 1. The number of amides is 1. The Morgan fingerprint density at radius 3 is 2.93 bits per heavy atom. The predicted octanol–water partition coefficient (Wildman–Crippen LogP) is 1.03. The summed E-state index contributed by atoms with van der Waals surface area (Å²) in [5.41, 5.74) is 6.75. The number of carbonyl (C=O) groups is 1. The first-order chi connectivity index (χ1) is 6.83. The molecule has 0 spiro atoms. The van der Waals surface area contributed by atoms with E-state index < -0.39 is 0 Å². The van der Waals surface area contributed by atoms with Crippen LogP contribution in [0, 0.1) is 0 Å². The second kappa shape index (κ2) is 3.51. The highest BCUT2D eigenvalue weighted by Crippen LogP contribution is 2.16. The largest absolute Gasteiger partial charge is 0.360 e. The summed E-state index contributed by atoms with van der Waals surface area (Å²) in [5.74, 6) is -0.134. The third kappa shape index (κ3) is 1.36. The van der Waals surface area contributed by atoms with Gasteiger partial charge in [0.25, 0.3) is 5.91 Å². The third-order valence-electron chi connectivity index (χ3n) is 2.07. The van der Waals surface area contributed by atoms with Crippen LogP contribution >= 0.6 is 0 Å². The van der Waals surface area contributed by atoms with E-state index in [2.05, 4.69) is 15.8 Å². The first-order valence-corrected chi connectivity index (χ1v) is 4.36. The van der Waals surface area contributed by atoms with E-state index in [0.29, 0.717) is 5.56 Å². The fourth-order valence-electron chi connectivity index (χ4n) is 1.44. The summed E-state index contributed by atoms with van der Waals surface area (Å²) in [6.07, 6.45) is 1.71. The second-order valence-electron chi connectivity index (χ2n) is 2.95. The molecule has 0 fully saturated rings. The first kappa shape index (κ1) is 8.77. The second-order valence-corrected chi connectivity index (χ2v) is 2.95. The van der Waals surface area contributed by atoms with E-state index in [0.717, 1.165) is 10.9 Å². The molecule has 0 saturated carbocycles.